The van der Waals surface area contributed by atoms with Crippen LogP contribution in [0.25, 0.3) is 10.9 Å². The average molecular weight is 216 g/mol. The van der Waals surface area contributed by atoms with Gasteiger partial charge in [0.25, 0.3) is 0 Å². The van der Waals surface area contributed by atoms with Crippen LogP contribution in [0, 0.1) is 6.92 Å². The zero-order chi connectivity index (χ0) is 11.5. The lowest BCUT2D eigenvalue weighted by molar-refractivity contribution is -0.116. The smallest absolute Gasteiger partial charge is 0.224 e. The van der Waals surface area contributed by atoms with Crippen LogP contribution < -0.4 is 5.32 Å². The second kappa shape index (κ2) is 4.39. The second-order valence-corrected chi connectivity index (χ2v) is 3.97. The first-order valence-corrected chi connectivity index (χ1v) is 5.59. The zero-order valence-corrected chi connectivity index (χ0v) is 9.63. The fourth-order valence-corrected chi connectivity index (χ4v) is 1.87. The Hall–Kier alpha value is -1.77. The van der Waals surface area contributed by atoms with Crippen LogP contribution in [0.4, 0.5) is 5.69 Å². The predicted molar refractivity (Wildman–Crippen MR) is 66.6 cm³/mol. The van der Waals surface area contributed by atoms with Crippen LogP contribution in [0.3, 0.4) is 0 Å². The van der Waals surface area contributed by atoms with Gasteiger partial charge in [0, 0.05) is 23.0 Å². The highest BCUT2D eigenvalue weighted by Crippen LogP contribution is 2.26. The van der Waals surface area contributed by atoms with Crippen molar-refractivity contribution in [3.05, 3.63) is 30.0 Å². The Morgan fingerprint density at radius 3 is 2.88 bits per heavy atom. The van der Waals surface area contributed by atoms with E-state index in [0.29, 0.717) is 6.42 Å². The summed E-state index contributed by atoms with van der Waals surface area (Å²) < 4.78 is 0. The van der Waals surface area contributed by atoms with Crippen molar-refractivity contribution in [2.45, 2.75) is 26.7 Å². The van der Waals surface area contributed by atoms with Crippen molar-refractivity contribution in [3.8, 4) is 0 Å². The molecule has 1 aromatic carbocycles. The Morgan fingerprint density at radius 1 is 1.38 bits per heavy atom. The maximum Gasteiger partial charge on any atom is 0.224 e. The summed E-state index contributed by atoms with van der Waals surface area (Å²) in [7, 11) is 0. The van der Waals surface area contributed by atoms with Gasteiger partial charge >= 0.3 is 0 Å². The summed E-state index contributed by atoms with van der Waals surface area (Å²) in [6.07, 6.45) is 1.44. The Bertz CT molecular complexity index is 514. The number of aromatic amines is 1. The Morgan fingerprint density at radius 2 is 2.12 bits per heavy atom. The van der Waals surface area contributed by atoms with E-state index in [2.05, 4.69) is 10.3 Å². The maximum absolute atomic E-state index is 11.6. The highest BCUT2D eigenvalue weighted by Gasteiger charge is 2.09. The third-order valence-corrected chi connectivity index (χ3v) is 2.64. The molecule has 0 unspecified atom stereocenters. The summed E-state index contributed by atoms with van der Waals surface area (Å²) in [4.78, 5) is 14.8. The second-order valence-electron chi connectivity index (χ2n) is 3.97. The highest BCUT2D eigenvalue weighted by atomic mass is 16.1. The van der Waals surface area contributed by atoms with E-state index < -0.39 is 0 Å². The van der Waals surface area contributed by atoms with Crippen LogP contribution in [-0.4, -0.2) is 10.9 Å². The molecule has 1 aromatic heterocycles. The molecule has 3 heteroatoms. The summed E-state index contributed by atoms with van der Waals surface area (Å²) in [5.74, 6) is 0.0790. The van der Waals surface area contributed by atoms with Crippen LogP contribution in [0.2, 0.25) is 0 Å². The molecule has 3 nitrogen and oxygen atoms in total. The summed E-state index contributed by atoms with van der Waals surface area (Å²) in [6.45, 7) is 3.98. The summed E-state index contributed by atoms with van der Waals surface area (Å²) in [5, 5.41) is 4.04. The molecule has 0 fully saturated rings. The molecule has 0 aliphatic carbocycles. The number of fused-ring (bicyclic) bond motifs is 1. The molecule has 2 N–H and O–H groups in total. The third kappa shape index (κ3) is 1.94. The summed E-state index contributed by atoms with van der Waals surface area (Å²) >= 11 is 0. The maximum atomic E-state index is 11.6. The van der Waals surface area contributed by atoms with Gasteiger partial charge in [0.2, 0.25) is 5.91 Å². The SMILES string of the molecule is CCCC(=O)Nc1c(C)[nH]c2ccccc12. The van der Waals surface area contributed by atoms with Crippen LogP contribution in [0.5, 0.6) is 0 Å². The molecule has 0 spiro atoms. The fourth-order valence-electron chi connectivity index (χ4n) is 1.87. The van der Waals surface area contributed by atoms with Gasteiger partial charge in [-0.05, 0) is 19.4 Å². The molecule has 0 aliphatic heterocycles. The molecular weight excluding hydrogens is 200 g/mol. The molecule has 0 saturated heterocycles. The van der Waals surface area contributed by atoms with E-state index in [0.717, 1.165) is 28.7 Å². The number of benzene rings is 1. The topological polar surface area (TPSA) is 44.9 Å². The number of nitrogens with one attached hydrogen (secondary N) is 2. The largest absolute Gasteiger partial charge is 0.357 e. The molecule has 0 bridgehead atoms. The van der Waals surface area contributed by atoms with E-state index in [4.69, 9.17) is 0 Å². The Kier molecular flexibility index (Phi) is 2.95. The molecule has 1 amide bonds. The van der Waals surface area contributed by atoms with E-state index in [9.17, 15) is 4.79 Å². The van der Waals surface area contributed by atoms with Crippen LogP contribution in [0.1, 0.15) is 25.5 Å². The minimum Gasteiger partial charge on any atom is -0.357 e. The summed E-state index contributed by atoms with van der Waals surface area (Å²) in [6, 6.07) is 7.99. The normalized spacial score (nSPS) is 10.6. The number of para-hydroxylation sites is 1. The number of aryl methyl sites for hydroxylation is 1. The van der Waals surface area contributed by atoms with Crippen LogP contribution >= 0.6 is 0 Å². The molecule has 2 aromatic rings. The number of aromatic nitrogens is 1. The Labute approximate surface area is 94.9 Å². The molecule has 16 heavy (non-hydrogen) atoms. The molecule has 1 heterocycles. The average Bonchev–Trinajstić information content (AvgIpc) is 2.56. The fraction of sp³-hybridized carbons (Fsp3) is 0.308. The van der Waals surface area contributed by atoms with E-state index >= 15 is 0 Å². The van der Waals surface area contributed by atoms with Gasteiger partial charge in [0.15, 0.2) is 0 Å². The van der Waals surface area contributed by atoms with Crippen molar-refractivity contribution in [1.29, 1.82) is 0 Å². The van der Waals surface area contributed by atoms with Gasteiger partial charge in [0.05, 0.1) is 5.69 Å². The van der Waals surface area contributed by atoms with E-state index in [1.807, 2.05) is 38.1 Å². The van der Waals surface area contributed by atoms with Crippen molar-refractivity contribution in [2.75, 3.05) is 5.32 Å². The first kappa shape index (κ1) is 10.7. The number of rotatable bonds is 3. The van der Waals surface area contributed by atoms with E-state index in [1.165, 1.54) is 0 Å². The molecule has 2 rings (SSSR count). The van der Waals surface area contributed by atoms with Gasteiger partial charge in [-0.25, -0.2) is 0 Å². The predicted octanol–water partition coefficient (Wildman–Crippen LogP) is 3.21. The number of hydrogen-bond acceptors (Lipinski definition) is 1. The van der Waals surface area contributed by atoms with Gasteiger partial charge in [-0.15, -0.1) is 0 Å². The molecule has 0 saturated carbocycles. The standard InChI is InChI=1S/C13H16N2O/c1-3-6-12(16)15-13-9(2)14-11-8-5-4-7-10(11)13/h4-5,7-8,14H,3,6H2,1-2H3,(H,15,16). The minimum absolute atomic E-state index is 0.0790. The van der Waals surface area contributed by atoms with Gasteiger partial charge in [0.1, 0.15) is 0 Å². The Balaban J connectivity index is 2.36. The molecule has 0 aliphatic rings. The zero-order valence-electron chi connectivity index (χ0n) is 9.63. The lowest BCUT2D eigenvalue weighted by Crippen LogP contribution is -2.10. The number of carbonyl (C=O) groups excluding carboxylic acids is 1. The number of carbonyl (C=O) groups is 1. The van der Waals surface area contributed by atoms with Crippen molar-refractivity contribution in [1.82, 2.24) is 4.98 Å². The van der Waals surface area contributed by atoms with Crippen LogP contribution in [0.15, 0.2) is 24.3 Å². The van der Waals surface area contributed by atoms with Gasteiger partial charge in [-0.2, -0.15) is 0 Å². The quantitative estimate of drug-likeness (QED) is 0.813. The monoisotopic (exact) mass is 216 g/mol. The van der Waals surface area contributed by atoms with Gasteiger partial charge in [-0.1, -0.05) is 25.1 Å². The number of hydrogen-bond donors (Lipinski definition) is 2. The van der Waals surface area contributed by atoms with Crippen molar-refractivity contribution in [2.24, 2.45) is 0 Å². The van der Waals surface area contributed by atoms with Crippen molar-refractivity contribution in [3.63, 3.8) is 0 Å². The lowest BCUT2D eigenvalue weighted by atomic mass is 10.2. The van der Waals surface area contributed by atoms with Crippen molar-refractivity contribution < 1.29 is 4.79 Å². The molecule has 0 atom stereocenters. The molecule has 84 valence electrons. The number of anilines is 1. The first-order valence-electron chi connectivity index (χ1n) is 5.59. The number of H-pyrrole nitrogens is 1. The minimum atomic E-state index is 0.0790. The first-order chi connectivity index (χ1) is 7.72. The highest BCUT2D eigenvalue weighted by molar-refractivity contribution is 6.02. The van der Waals surface area contributed by atoms with Crippen molar-refractivity contribution >= 4 is 22.5 Å². The lowest BCUT2D eigenvalue weighted by Gasteiger charge is -2.03. The van der Waals surface area contributed by atoms with E-state index in [-0.39, 0.29) is 5.91 Å². The summed E-state index contributed by atoms with van der Waals surface area (Å²) in [5.41, 5.74) is 2.98. The number of amides is 1. The third-order valence-electron chi connectivity index (χ3n) is 2.64. The van der Waals surface area contributed by atoms with Crippen LogP contribution in [-0.2, 0) is 4.79 Å². The van der Waals surface area contributed by atoms with Gasteiger partial charge < -0.3 is 10.3 Å². The van der Waals surface area contributed by atoms with Gasteiger partial charge in [-0.3, -0.25) is 4.79 Å². The van der Waals surface area contributed by atoms with E-state index in [1.54, 1.807) is 0 Å². The molecule has 0 radical (unpaired) electrons. The molecular formula is C13H16N2O.